The lowest BCUT2D eigenvalue weighted by molar-refractivity contribution is -0.119. The summed E-state index contributed by atoms with van der Waals surface area (Å²) in [6.07, 6.45) is 1.52. The van der Waals surface area contributed by atoms with E-state index >= 15 is 0 Å². The molecule has 3 aromatic carbocycles. The summed E-state index contributed by atoms with van der Waals surface area (Å²) in [6, 6.07) is 20.7. The Kier molecular flexibility index (Phi) is 8.49. The van der Waals surface area contributed by atoms with Crippen LogP contribution in [0.1, 0.15) is 28.1 Å². The molecule has 0 aliphatic carbocycles. The molecule has 0 saturated carbocycles. The van der Waals surface area contributed by atoms with Crippen LogP contribution in [-0.4, -0.2) is 31.7 Å². The van der Waals surface area contributed by atoms with Crippen LogP contribution in [0, 0.1) is 27.7 Å². The van der Waals surface area contributed by atoms with E-state index in [4.69, 9.17) is 23.2 Å². The minimum Gasteiger partial charge on any atom is -0.316 e. The summed E-state index contributed by atoms with van der Waals surface area (Å²) in [4.78, 5) is 13.1. The standard InChI is InChI=1S/C29H28Cl2N4O3S/c1-19-13-14-26(20(2)15-19)34(39(37,38)24-9-6-5-7-10-24)18-28(36)33-32-17-23-16-21(3)35(22(23)4)27-12-8-11-25(30)29(27)31/h5-17H,18H2,1-4H3,(H,33,36)/b32-17+. The van der Waals surface area contributed by atoms with Gasteiger partial charge in [0.05, 0.1) is 32.5 Å². The van der Waals surface area contributed by atoms with Crippen LogP contribution in [0.5, 0.6) is 0 Å². The van der Waals surface area contributed by atoms with Gasteiger partial charge in [-0.1, -0.05) is 65.2 Å². The summed E-state index contributed by atoms with van der Waals surface area (Å²) in [5, 5.41) is 4.99. The number of nitrogens with one attached hydrogen (secondary N) is 1. The predicted molar refractivity (Wildman–Crippen MR) is 158 cm³/mol. The highest BCUT2D eigenvalue weighted by Gasteiger charge is 2.28. The van der Waals surface area contributed by atoms with Gasteiger partial charge in [-0.25, -0.2) is 13.8 Å². The predicted octanol–water partition coefficient (Wildman–Crippen LogP) is 6.36. The van der Waals surface area contributed by atoms with E-state index in [0.717, 1.165) is 38.1 Å². The lowest BCUT2D eigenvalue weighted by Crippen LogP contribution is -2.40. The molecule has 1 amide bonds. The second-order valence-electron chi connectivity index (χ2n) is 9.14. The van der Waals surface area contributed by atoms with Gasteiger partial charge in [0, 0.05) is 17.0 Å². The molecule has 7 nitrogen and oxygen atoms in total. The summed E-state index contributed by atoms with van der Waals surface area (Å²) >= 11 is 12.6. The largest absolute Gasteiger partial charge is 0.316 e. The van der Waals surface area contributed by atoms with E-state index < -0.39 is 22.5 Å². The van der Waals surface area contributed by atoms with E-state index in [1.807, 2.05) is 62.6 Å². The van der Waals surface area contributed by atoms with Crippen molar-refractivity contribution in [1.82, 2.24) is 9.99 Å². The fourth-order valence-electron chi connectivity index (χ4n) is 4.40. The third-order valence-electron chi connectivity index (χ3n) is 6.27. The van der Waals surface area contributed by atoms with E-state index in [-0.39, 0.29) is 4.90 Å². The smallest absolute Gasteiger partial charge is 0.264 e. The maximum absolute atomic E-state index is 13.6. The Hall–Kier alpha value is -3.59. The van der Waals surface area contributed by atoms with Gasteiger partial charge < -0.3 is 4.57 Å². The molecular weight excluding hydrogens is 555 g/mol. The van der Waals surface area contributed by atoms with Crippen molar-refractivity contribution in [2.24, 2.45) is 5.10 Å². The van der Waals surface area contributed by atoms with Gasteiger partial charge in [-0.3, -0.25) is 9.10 Å². The van der Waals surface area contributed by atoms with E-state index in [2.05, 4.69) is 10.5 Å². The van der Waals surface area contributed by atoms with Crippen molar-refractivity contribution < 1.29 is 13.2 Å². The van der Waals surface area contributed by atoms with Gasteiger partial charge in [0.2, 0.25) is 0 Å². The Morgan fingerprint density at radius 3 is 2.38 bits per heavy atom. The lowest BCUT2D eigenvalue weighted by atomic mass is 10.1. The normalized spacial score (nSPS) is 11.6. The molecule has 4 rings (SSSR count). The van der Waals surface area contributed by atoms with Crippen molar-refractivity contribution in [2.75, 3.05) is 10.8 Å². The Labute approximate surface area is 238 Å². The Bertz CT molecular complexity index is 1670. The number of hydrogen-bond acceptors (Lipinski definition) is 4. The van der Waals surface area contributed by atoms with Crippen molar-refractivity contribution in [3.05, 3.63) is 111 Å². The summed E-state index contributed by atoms with van der Waals surface area (Å²) in [5.74, 6) is -0.586. The minimum atomic E-state index is -4.01. The lowest BCUT2D eigenvalue weighted by Gasteiger charge is -2.25. The first-order valence-corrected chi connectivity index (χ1v) is 14.3. The van der Waals surface area contributed by atoms with Crippen LogP contribution in [0.3, 0.4) is 0 Å². The number of hydrogen-bond donors (Lipinski definition) is 1. The number of rotatable bonds is 8. The van der Waals surface area contributed by atoms with Gasteiger partial charge in [-0.05, 0) is 69.7 Å². The van der Waals surface area contributed by atoms with Crippen molar-refractivity contribution >= 4 is 51.0 Å². The van der Waals surface area contributed by atoms with Crippen molar-refractivity contribution in [2.45, 2.75) is 32.6 Å². The molecule has 0 aliphatic heterocycles. The zero-order valence-corrected chi connectivity index (χ0v) is 24.3. The number of carbonyl (C=O) groups is 1. The molecule has 0 unspecified atom stereocenters. The number of carbonyl (C=O) groups excluding carboxylic acids is 1. The maximum Gasteiger partial charge on any atom is 0.264 e. The van der Waals surface area contributed by atoms with Crippen LogP contribution in [-0.2, 0) is 14.8 Å². The maximum atomic E-state index is 13.6. The van der Waals surface area contributed by atoms with Gasteiger partial charge >= 0.3 is 0 Å². The Morgan fingerprint density at radius 1 is 0.974 bits per heavy atom. The zero-order chi connectivity index (χ0) is 28.3. The number of anilines is 1. The highest BCUT2D eigenvalue weighted by Crippen LogP contribution is 2.31. The first-order chi connectivity index (χ1) is 18.5. The fraction of sp³-hybridized carbons (Fsp3) is 0.172. The molecule has 0 aliphatic rings. The quantitative estimate of drug-likeness (QED) is 0.194. The third-order valence-corrected chi connectivity index (χ3v) is 8.86. The summed E-state index contributed by atoms with van der Waals surface area (Å²) in [5.41, 5.74) is 7.85. The Morgan fingerprint density at radius 2 is 1.69 bits per heavy atom. The van der Waals surface area contributed by atoms with E-state index in [0.29, 0.717) is 15.7 Å². The number of benzene rings is 3. The number of nitrogens with zero attached hydrogens (tertiary/aromatic N) is 3. The van der Waals surface area contributed by atoms with Crippen LogP contribution in [0.25, 0.3) is 5.69 Å². The molecular formula is C29H28Cl2N4O3S. The summed E-state index contributed by atoms with van der Waals surface area (Å²) < 4.78 is 30.2. The number of aromatic nitrogens is 1. The molecule has 10 heteroatoms. The second-order valence-corrected chi connectivity index (χ2v) is 11.8. The zero-order valence-electron chi connectivity index (χ0n) is 21.9. The van der Waals surface area contributed by atoms with E-state index in [9.17, 15) is 13.2 Å². The molecule has 4 aromatic rings. The van der Waals surface area contributed by atoms with Crippen LogP contribution < -0.4 is 9.73 Å². The second kappa shape index (κ2) is 11.7. The Balaban J connectivity index is 1.58. The van der Waals surface area contributed by atoms with Gasteiger partial charge in [-0.2, -0.15) is 5.10 Å². The number of halogens is 2. The average Bonchev–Trinajstić information content (AvgIpc) is 3.17. The van der Waals surface area contributed by atoms with Gasteiger partial charge in [0.15, 0.2) is 0 Å². The first-order valence-electron chi connectivity index (χ1n) is 12.1. The van der Waals surface area contributed by atoms with Crippen molar-refractivity contribution in [1.29, 1.82) is 0 Å². The average molecular weight is 584 g/mol. The molecule has 1 heterocycles. The van der Waals surface area contributed by atoms with Gasteiger partial charge in [-0.15, -0.1) is 0 Å². The molecule has 0 atom stereocenters. The van der Waals surface area contributed by atoms with Crippen LogP contribution >= 0.6 is 23.2 Å². The third kappa shape index (κ3) is 6.03. The van der Waals surface area contributed by atoms with Crippen molar-refractivity contribution in [3.8, 4) is 5.69 Å². The molecule has 0 spiro atoms. The first kappa shape index (κ1) is 28.4. The molecule has 202 valence electrons. The van der Waals surface area contributed by atoms with E-state index in [1.165, 1.54) is 18.3 Å². The molecule has 0 fully saturated rings. The van der Waals surface area contributed by atoms with Gasteiger partial charge in [0.1, 0.15) is 6.54 Å². The topological polar surface area (TPSA) is 83.8 Å². The highest BCUT2D eigenvalue weighted by molar-refractivity contribution is 7.92. The van der Waals surface area contributed by atoms with Crippen LogP contribution in [0.2, 0.25) is 10.0 Å². The molecule has 1 aromatic heterocycles. The number of aryl methyl sites for hydroxylation is 3. The summed E-state index contributed by atoms with van der Waals surface area (Å²) in [7, 11) is -4.01. The number of sulfonamides is 1. The molecule has 0 saturated heterocycles. The molecule has 0 radical (unpaired) electrons. The van der Waals surface area contributed by atoms with Gasteiger partial charge in [0.25, 0.3) is 15.9 Å². The summed E-state index contributed by atoms with van der Waals surface area (Å²) in [6.45, 7) is 7.12. The molecule has 0 bridgehead atoms. The van der Waals surface area contributed by atoms with Crippen LogP contribution in [0.15, 0.2) is 82.8 Å². The highest BCUT2D eigenvalue weighted by atomic mass is 35.5. The van der Waals surface area contributed by atoms with Crippen molar-refractivity contribution in [3.63, 3.8) is 0 Å². The molecule has 1 N–H and O–H groups in total. The minimum absolute atomic E-state index is 0.0911. The number of hydrazone groups is 1. The molecule has 39 heavy (non-hydrogen) atoms. The monoisotopic (exact) mass is 582 g/mol. The number of amides is 1. The van der Waals surface area contributed by atoms with Crippen LogP contribution in [0.4, 0.5) is 5.69 Å². The SMILES string of the molecule is Cc1ccc(N(CC(=O)N/N=C/c2cc(C)n(-c3cccc(Cl)c3Cl)c2C)S(=O)(=O)c2ccccc2)c(C)c1. The van der Waals surface area contributed by atoms with E-state index in [1.54, 1.807) is 30.3 Å². The fourth-order valence-corrected chi connectivity index (χ4v) is 6.28.